The van der Waals surface area contributed by atoms with E-state index in [0.717, 1.165) is 6.42 Å². The van der Waals surface area contributed by atoms with E-state index in [1.165, 1.54) is 0 Å². The van der Waals surface area contributed by atoms with Crippen LogP contribution >= 0.6 is 0 Å². The van der Waals surface area contributed by atoms with Crippen LogP contribution in [0.15, 0.2) is 0 Å². The Balaban J connectivity index is 1.71. The zero-order valence-electron chi connectivity index (χ0n) is 17.2. The molecule has 3 fully saturated rings. The fraction of sp³-hybridized carbons (Fsp3) is 1.00. The Hall–Kier alpha value is -0.240. The fourth-order valence-electron chi connectivity index (χ4n) is 4.42. The summed E-state index contributed by atoms with van der Waals surface area (Å²) in [4.78, 5) is 0. The highest BCUT2D eigenvalue weighted by atomic mass is 16.8. The first-order chi connectivity index (χ1) is 12.1. The zero-order chi connectivity index (χ0) is 19.2. The van der Waals surface area contributed by atoms with Crippen LogP contribution in [0, 0.1) is 17.8 Å². The van der Waals surface area contributed by atoms with Gasteiger partial charge in [0.15, 0.2) is 12.1 Å². The Morgan fingerprint density at radius 1 is 1.04 bits per heavy atom. The monoisotopic (exact) mass is 372 g/mol. The third kappa shape index (κ3) is 3.82. The molecule has 26 heavy (non-hydrogen) atoms. The average molecular weight is 373 g/mol. The van der Waals surface area contributed by atoms with Gasteiger partial charge in [-0.05, 0) is 39.0 Å². The van der Waals surface area contributed by atoms with Gasteiger partial charge in [0.2, 0.25) is 0 Å². The summed E-state index contributed by atoms with van der Waals surface area (Å²) < 4.78 is 30.3. The number of fused-ring (bicyclic) bond motifs is 1. The van der Waals surface area contributed by atoms with Gasteiger partial charge in [-0.3, -0.25) is 0 Å². The number of hydrogen-bond donors (Lipinski definition) is 1. The van der Waals surface area contributed by atoms with E-state index in [-0.39, 0.29) is 36.4 Å². The van der Waals surface area contributed by atoms with Crippen molar-refractivity contribution < 1.29 is 28.8 Å². The molecule has 0 amide bonds. The quantitative estimate of drug-likeness (QED) is 0.822. The van der Waals surface area contributed by atoms with Crippen molar-refractivity contribution in [2.24, 2.45) is 17.8 Å². The van der Waals surface area contributed by atoms with Crippen molar-refractivity contribution in [1.29, 1.82) is 0 Å². The minimum absolute atomic E-state index is 0.0119. The number of rotatable bonds is 3. The summed E-state index contributed by atoms with van der Waals surface area (Å²) in [7, 11) is 0. The maximum absolute atomic E-state index is 10.8. The van der Waals surface area contributed by atoms with Crippen LogP contribution in [0.2, 0.25) is 0 Å². The first kappa shape index (κ1) is 20.5. The van der Waals surface area contributed by atoms with E-state index in [0.29, 0.717) is 18.4 Å². The average Bonchev–Trinajstić information content (AvgIpc) is 2.59. The van der Waals surface area contributed by atoms with E-state index in [9.17, 15) is 5.11 Å². The van der Waals surface area contributed by atoms with Crippen LogP contribution in [0.3, 0.4) is 0 Å². The number of aliphatic hydroxyl groups is 1. The Kier molecular flexibility index (Phi) is 6.03. The van der Waals surface area contributed by atoms with Crippen molar-refractivity contribution in [3.05, 3.63) is 0 Å². The molecule has 6 heteroatoms. The zero-order valence-corrected chi connectivity index (χ0v) is 17.2. The van der Waals surface area contributed by atoms with E-state index in [1.54, 1.807) is 0 Å². The fourth-order valence-corrected chi connectivity index (χ4v) is 4.42. The summed E-state index contributed by atoms with van der Waals surface area (Å²) in [6, 6.07) is 0. The molecule has 6 nitrogen and oxygen atoms in total. The second kappa shape index (κ2) is 7.64. The highest BCUT2D eigenvalue weighted by Crippen LogP contribution is 2.39. The number of aliphatic hydroxyl groups excluding tert-OH is 1. The molecule has 0 aliphatic carbocycles. The van der Waals surface area contributed by atoms with Gasteiger partial charge < -0.3 is 28.8 Å². The molecule has 3 aliphatic heterocycles. The molecular weight excluding hydrogens is 336 g/mol. The Morgan fingerprint density at radius 3 is 2.38 bits per heavy atom. The second-order valence-corrected chi connectivity index (χ2v) is 8.79. The van der Waals surface area contributed by atoms with E-state index < -0.39 is 18.2 Å². The van der Waals surface area contributed by atoms with Crippen molar-refractivity contribution >= 4 is 0 Å². The van der Waals surface area contributed by atoms with Gasteiger partial charge in [0, 0.05) is 5.92 Å². The third-order valence-electron chi connectivity index (χ3n) is 6.56. The molecule has 0 spiro atoms. The topological polar surface area (TPSA) is 66.4 Å². The normalized spacial score (nSPS) is 51.7. The molecule has 1 N–H and O–H groups in total. The lowest BCUT2D eigenvalue weighted by atomic mass is 9.81. The van der Waals surface area contributed by atoms with Gasteiger partial charge in [0.25, 0.3) is 0 Å². The van der Waals surface area contributed by atoms with Crippen LogP contribution in [-0.2, 0) is 23.7 Å². The van der Waals surface area contributed by atoms with Crippen LogP contribution in [0.25, 0.3) is 0 Å². The molecule has 152 valence electrons. The summed E-state index contributed by atoms with van der Waals surface area (Å²) in [6.07, 6.45) is -0.879. The SMILES string of the molecule is CC[C@@H]1O[C@H](C)C(C)C(C)[C@@H]1O[C@@H]1OC2COC(C)(C)O[C@H]2[C@@H](C)C1O. The number of ether oxygens (including phenoxy) is 5. The van der Waals surface area contributed by atoms with Crippen molar-refractivity contribution in [3.8, 4) is 0 Å². The lowest BCUT2D eigenvalue weighted by molar-refractivity contribution is -0.384. The summed E-state index contributed by atoms with van der Waals surface area (Å²) in [6.45, 7) is 14.8. The van der Waals surface area contributed by atoms with Crippen molar-refractivity contribution in [2.45, 2.75) is 104 Å². The van der Waals surface area contributed by atoms with Gasteiger partial charge >= 0.3 is 0 Å². The summed E-state index contributed by atoms with van der Waals surface area (Å²) in [5.41, 5.74) is 0. The maximum Gasteiger partial charge on any atom is 0.184 e. The van der Waals surface area contributed by atoms with E-state index in [1.807, 2.05) is 20.8 Å². The molecule has 0 saturated carbocycles. The smallest absolute Gasteiger partial charge is 0.184 e. The Labute approximate surface area is 157 Å². The minimum Gasteiger partial charge on any atom is -0.387 e. The van der Waals surface area contributed by atoms with Crippen molar-refractivity contribution in [2.75, 3.05) is 6.61 Å². The molecular formula is C20H36O6. The van der Waals surface area contributed by atoms with Crippen molar-refractivity contribution in [1.82, 2.24) is 0 Å². The molecule has 0 aromatic carbocycles. The Morgan fingerprint density at radius 2 is 1.73 bits per heavy atom. The van der Waals surface area contributed by atoms with Gasteiger partial charge in [-0.1, -0.05) is 27.7 Å². The molecule has 10 atom stereocenters. The third-order valence-corrected chi connectivity index (χ3v) is 6.56. The van der Waals surface area contributed by atoms with Gasteiger partial charge in [-0.15, -0.1) is 0 Å². The first-order valence-corrected chi connectivity index (χ1v) is 10.1. The molecule has 0 radical (unpaired) electrons. The summed E-state index contributed by atoms with van der Waals surface area (Å²) >= 11 is 0. The van der Waals surface area contributed by atoms with Gasteiger partial charge in [0.1, 0.15) is 12.2 Å². The second-order valence-electron chi connectivity index (χ2n) is 8.79. The highest BCUT2D eigenvalue weighted by Gasteiger charge is 2.51. The Bertz CT molecular complexity index is 479. The van der Waals surface area contributed by atoms with Crippen LogP contribution in [-0.4, -0.2) is 60.4 Å². The molecule has 0 aromatic heterocycles. The van der Waals surface area contributed by atoms with E-state index in [4.69, 9.17) is 23.7 Å². The van der Waals surface area contributed by atoms with Gasteiger partial charge in [-0.2, -0.15) is 0 Å². The summed E-state index contributed by atoms with van der Waals surface area (Å²) in [5.74, 6) is -0.0455. The van der Waals surface area contributed by atoms with E-state index in [2.05, 4.69) is 27.7 Å². The van der Waals surface area contributed by atoms with Gasteiger partial charge in [0.05, 0.1) is 31.0 Å². The highest BCUT2D eigenvalue weighted by molar-refractivity contribution is 4.93. The molecule has 4 unspecified atom stereocenters. The molecule has 3 rings (SSSR count). The molecule has 0 bridgehead atoms. The van der Waals surface area contributed by atoms with Crippen LogP contribution < -0.4 is 0 Å². The van der Waals surface area contributed by atoms with E-state index >= 15 is 0 Å². The minimum atomic E-state index is -0.746. The maximum atomic E-state index is 10.8. The largest absolute Gasteiger partial charge is 0.387 e. The lowest BCUT2D eigenvalue weighted by Crippen LogP contribution is -2.63. The molecule has 3 heterocycles. The number of hydrogen-bond acceptors (Lipinski definition) is 6. The molecule has 3 aliphatic rings. The standard InChI is InChI=1S/C20H36O6/c1-8-14-17(11(3)10(2)13(5)23-14)25-19-16(21)12(4)18-15(24-19)9-22-20(6,7)26-18/h10-19,21H,8-9H2,1-7H3/t10?,11?,12-,13+,14-,15?,16?,17-,18-,19-/m0/s1. The lowest BCUT2D eigenvalue weighted by Gasteiger charge is -2.51. The van der Waals surface area contributed by atoms with Crippen LogP contribution in [0.5, 0.6) is 0 Å². The first-order valence-electron chi connectivity index (χ1n) is 10.1. The summed E-state index contributed by atoms with van der Waals surface area (Å²) in [5, 5.41) is 10.8. The molecule has 3 saturated heterocycles. The predicted molar refractivity (Wildman–Crippen MR) is 96.6 cm³/mol. The van der Waals surface area contributed by atoms with Gasteiger partial charge in [-0.25, -0.2) is 0 Å². The van der Waals surface area contributed by atoms with Crippen LogP contribution in [0.4, 0.5) is 0 Å². The van der Waals surface area contributed by atoms with Crippen LogP contribution in [0.1, 0.15) is 54.9 Å². The molecule has 0 aromatic rings. The van der Waals surface area contributed by atoms with Crippen molar-refractivity contribution in [3.63, 3.8) is 0 Å². The predicted octanol–water partition coefficient (Wildman–Crippen LogP) is 2.71.